The predicted octanol–water partition coefficient (Wildman–Crippen LogP) is 1.49. The molecule has 0 aliphatic carbocycles. The van der Waals surface area contributed by atoms with E-state index in [1.807, 2.05) is 4.90 Å². The molecule has 6 heteroatoms. The van der Waals surface area contributed by atoms with E-state index in [-0.39, 0.29) is 12.2 Å². The minimum Gasteiger partial charge on any atom is -0.350 e. The molecule has 6 nitrogen and oxygen atoms in total. The van der Waals surface area contributed by atoms with Crippen molar-refractivity contribution in [2.24, 2.45) is 5.92 Å². The maximum Gasteiger partial charge on any atom is 0.272 e. The molecule has 0 saturated carbocycles. The van der Waals surface area contributed by atoms with Gasteiger partial charge in [-0.3, -0.25) is 4.79 Å². The van der Waals surface area contributed by atoms with E-state index in [0.29, 0.717) is 49.2 Å². The second kappa shape index (κ2) is 6.42. The van der Waals surface area contributed by atoms with Crippen molar-refractivity contribution in [1.82, 2.24) is 9.88 Å². The van der Waals surface area contributed by atoms with Crippen molar-refractivity contribution >= 4 is 5.91 Å². The zero-order valence-electron chi connectivity index (χ0n) is 12.6. The Bertz CT molecular complexity index is 597. The highest BCUT2D eigenvalue weighted by Gasteiger charge is 2.32. The monoisotopic (exact) mass is 301 g/mol. The zero-order valence-corrected chi connectivity index (χ0v) is 12.6. The van der Waals surface area contributed by atoms with E-state index in [1.54, 1.807) is 19.1 Å². The lowest BCUT2D eigenvalue weighted by molar-refractivity contribution is -0.0956. The Morgan fingerprint density at radius 2 is 2.00 bits per heavy atom. The number of hydrogen-bond donors (Lipinski definition) is 0. The molecule has 116 valence electrons. The van der Waals surface area contributed by atoms with E-state index in [2.05, 4.69) is 11.1 Å². The maximum atomic E-state index is 12.5. The third-order valence-corrected chi connectivity index (χ3v) is 4.28. The number of carbonyl (C=O) groups excluding carboxylic acids is 1. The van der Waals surface area contributed by atoms with Crippen LogP contribution in [0.2, 0.25) is 0 Å². The lowest BCUT2D eigenvalue weighted by Crippen LogP contribution is -2.41. The van der Waals surface area contributed by atoms with Crippen molar-refractivity contribution in [1.29, 1.82) is 5.26 Å². The van der Waals surface area contributed by atoms with Gasteiger partial charge in [-0.25, -0.2) is 4.98 Å². The Morgan fingerprint density at radius 3 is 2.59 bits per heavy atom. The van der Waals surface area contributed by atoms with Gasteiger partial charge in [-0.05, 0) is 31.9 Å². The molecule has 22 heavy (non-hydrogen) atoms. The number of nitriles is 1. The molecule has 1 aromatic rings. The number of pyridine rings is 1. The van der Waals surface area contributed by atoms with Crippen LogP contribution in [-0.4, -0.2) is 48.4 Å². The van der Waals surface area contributed by atoms with Gasteiger partial charge in [0.2, 0.25) is 0 Å². The number of aromatic nitrogens is 1. The second-order valence-electron chi connectivity index (χ2n) is 5.68. The van der Waals surface area contributed by atoms with Crippen molar-refractivity contribution < 1.29 is 14.3 Å². The number of likely N-dealkylation sites (tertiary alicyclic amines) is 1. The van der Waals surface area contributed by atoms with Crippen LogP contribution in [0.3, 0.4) is 0 Å². The van der Waals surface area contributed by atoms with Gasteiger partial charge in [0.15, 0.2) is 6.29 Å². The number of amides is 1. The van der Waals surface area contributed by atoms with Gasteiger partial charge in [-0.1, -0.05) is 0 Å². The number of nitrogens with zero attached hydrogens (tertiary/aromatic N) is 3. The van der Waals surface area contributed by atoms with Crippen molar-refractivity contribution in [2.45, 2.75) is 26.1 Å². The first kappa shape index (κ1) is 14.9. The van der Waals surface area contributed by atoms with Gasteiger partial charge in [0, 0.05) is 19.0 Å². The van der Waals surface area contributed by atoms with Gasteiger partial charge in [0.25, 0.3) is 5.91 Å². The number of hydrogen-bond acceptors (Lipinski definition) is 5. The zero-order chi connectivity index (χ0) is 15.5. The van der Waals surface area contributed by atoms with Crippen LogP contribution in [0.25, 0.3) is 0 Å². The molecule has 0 radical (unpaired) electrons. The van der Waals surface area contributed by atoms with Crippen molar-refractivity contribution in [2.75, 3.05) is 26.3 Å². The van der Waals surface area contributed by atoms with E-state index in [1.165, 1.54) is 0 Å². The minimum atomic E-state index is -0.104. The molecule has 3 rings (SSSR count). The van der Waals surface area contributed by atoms with Gasteiger partial charge in [0.05, 0.1) is 24.5 Å². The first-order chi connectivity index (χ1) is 10.7. The molecule has 2 aliphatic rings. The summed E-state index contributed by atoms with van der Waals surface area (Å²) in [6.07, 6.45) is 1.66. The lowest BCUT2D eigenvalue weighted by Gasteiger charge is -2.33. The van der Waals surface area contributed by atoms with Crippen LogP contribution in [0, 0.1) is 24.2 Å². The van der Waals surface area contributed by atoms with Crippen LogP contribution >= 0.6 is 0 Å². The van der Waals surface area contributed by atoms with Crippen LogP contribution in [-0.2, 0) is 9.47 Å². The van der Waals surface area contributed by atoms with Crippen molar-refractivity contribution in [3.05, 3.63) is 29.1 Å². The summed E-state index contributed by atoms with van der Waals surface area (Å²) < 4.78 is 11.1. The SMILES string of the molecule is Cc1nc(C(=O)N2CCC(C3OCCO3)CC2)ccc1C#N. The normalized spacial score (nSPS) is 20.1. The smallest absolute Gasteiger partial charge is 0.272 e. The molecule has 0 atom stereocenters. The molecule has 3 heterocycles. The topological polar surface area (TPSA) is 75.5 Å². The fraction of sp³-hybridized carbons (Fsp3) is 0.562. The molecule has 2 saturated heterocycles. The van der Waals surface area contributed by atoms with Gasteiger partial charge in [0.1, 0.15) is 11.8 Å². The highest BCUT2D eigenvalue weighted by molar-refractivity contribution is 5.92. The summed E-state index contributed by atoms with van der Waals surface area (Å²) in [4.78, 5) is 18.6. The van der Waals surface area contributed by atoms with E-state index >= 15 is 0 Å². The largest absolute Gasteiger partial charge is 0.350 e. The fourth-order valence-electron chi connectivity index (χ4n) is 2.98. The molecule has 0 aromatic carbocycles. The number of ether oxygens (including phenoxy) is 2. The standard InChI is InChI=1S/C16H19N3O3/c1-11-13(10-17)2-3-14(18-11)15(20)19-6-4-12(5-7-19)16-21-8-9-22-16/h2-3,12,16H,4-9H2,1H3. The summed E-state index contributed by atoms with van der Waals surface area (Å²) >= 11 is 0. The first-order valence-corrected chi connectivity index (χ1v) is 7.59. The average Bonchev–Trinajstić information content (AvgIpc) is 3.09. The third-order valence-electron chi connectivity index (χ3n) is 4.28. The van der Waals surface area contributed by atoms with E-state index in [4.69, 9.17) is 14.7 Å². The van der Waals surface area contributed by atoms with Crippen LogP contribution in [0.4, 0.5) is 0 Å². The summed E-state index contributed by atoms with van der Waals surface area (Å²) in [6, 6.07) is 5.35. The molecule has 1 amide bonds. The number of rotatable bonds is 2. The van der Waals surface area contributed by atoms with Gasteiger partial charge >= 0.3 is 0 Å². The summed E-state index contributed by atoms with van der Waals surface area (Å²) in [5.41, 5.74) is 1.50. The Morgan fingerprint density at radius 1 is 1.32 bits per heavy atom. The lowest BCUT2D eigenvalue weighted by atomic mass is 9.96. The maximum absolute atomic E-state index is 12.5. The Balaban J connectivity index is 1.62. The summed E-state index contributed by atoms with van der Waals surface area (Å²) in [6.45, 7) is 4.45. The van der Waals surface area contributed by atoms with Gasteiger partial charge in [-0.15, -0.1) is 0 Å². The van der Waals surface area contributed by atoms with E-state index in [0.717, 1.165) is 12.8 Å². The van der Waals surface area contributed by atoms with Crippen LogP contribution in [0.5, 0.6) is 0 Å². The predicted molar refractivity (Wildman–Crippen MR) is 78.0 cm³/mol. The number of aryl methyl sites for hydroxylation is 1. The Labute approximate surface area is 129 Å². The molecule has 2 aliphatic heterocycles. The first-order valence-electron chi connectivity index (χ1n) is 7.59. The minimum absolute atomic E-state index is 0.0701. The van der Waals surface area contributed by atoms with Crippen LogP contribution in [0.1, 0.15) is 34.6 Å². The molecule has 0 N–H and O–H groups in total. The number of piperidine rings is 1. The summed E-state index contributed by atoms with van der Waals surface area (Å²) in [7, 11) is 0. The second-order valence-corrected chi connectivity index (χ2v) is 5.68. The van der Waals surface area contributed by atoms with E-state index < -0.39 is 0 Å². The molecule has 0 bridgehead atoms. The Kier molecular flexibility index (Phi) is 4.36. The molecule has 0 unspecified atom stereocenters. The molecule has 2 fully saturated rings. The Hall–Kier alpha value is -1.97. The number of carbonyl (C=O) groups is 1. The molecule has 1 aromatic heterocycles. The van der Waals surface area contributed by atoms with Gasteiger partial charge in [-0.2, -0.15) is 5.26 Å². The molecular weight excluding hydrogens is 282 g/mol. The summed E-state index contributed by atoms with van der Waals surface area (Å²) in [5.74, 6) is 0.293. The summed E-state index contributed by atoms with van der Waals surface area (Å²) in [5, 5.41) is 8.92. The fourth-order valence-corrected chi connectivity index (χ4v) is 2.98. The van der Waals surface area contributed by atoms with Crippen LogP contribution in [0.15, 0.2) is 12.1 Å². The molecule has 0 spiro atoms. The van der Waals surface area contributed by atoms with Crippen molar-refractivity contribution in [3.8, 4) is 6.07 Å². The van der Waals surface area contributed by atoms with E-state index in [9.17, 15) is 4.79 Å². The van der Waals surface area contributed by atoms with Gasteiger partial charge < -0.3 is 14.4 Å². The van der Waals surface area contributed by atoms with Crippen LogP contribution < -0.4 is 0 Å². The third kappa shape index (κ3) is 2.96. The highest BCUT2D eigenvalue weighted by atomic mass is 16.7. The van der Waals surface area contributed by atoms with Crippen molar-refractivity contribution in [3.63, 3.8) is 0 Å². The quantitative estimate of drug-likeness (QED) is 0.827. The molecular formula is C16H19N3O3. The highest BCUT2D eigenvalue weighted by Crippen LogP contribution is 2.26. The average molecular weight is 301 g/mol.